The molecule has 100 valence electrons. The highest BCUT2D eigenvalue weighted by molar-refractivity contribution is 7.86. The van der Waals surface area contributed by atoms with Gasteiger partial charge in [0.05, 0.1) is 22.8 Å². The van der Waals surface area contributed by atoms with Gasteiger partial charge in [0.25, 0.3) is 0 Å². The molecule has 2 unspecified atom stereocenters. The van der Waals surface area contributed by atoms with Crippen molar-refractivity contribution in [3.8, 4) is 5.75 Å². The van der Waals surface area contributed by atoms with Crippen LogP contribution in [0.15, 0.2) is 23.1 Å². The molecule has 3 N–H and O–H groups in total. The molecule has 0 aliphatic heterocycles. The van der Waals surface area contributed by atoms with Crippen LogP contribution in [0.1, 0.15) is 13.8 Å². The SMILES string of the molecule is CCNC(=O)C(C)S(=O)c1cc(OC)ccc1N. The molecule has 0 radical (unpaired) electrons. The molecule has 2 atom stereocenters. The second kappa shape index (κ2) is 6.39. The zero-order valence-electron chi connectivity index (χ0n) is 10.7. The quantitative estimate of drug-likeness (QED) is 0.779. The Morgan fingerprint density at radius 3 is 2.78 bits per heavy atom. The number of amides is 1. The standard InChI is InChI=1S/C12H18N2O3S/c1-4-14-12(15)8(2)18(16)11-7-9(17-3)5-6-10(11)13/h5-8H,4,13H2,1-3H3,(H,14,15). The Balaban J connectivity index is 2.99. The Labute approximate surface area is 109 Å². The lowest BCUT2D eigenvalue weighted by atomic mass is 10.3. The minimum absolute atomic E-state index is 0.252. The highest BCUT2D eigenvalue weighted by Gasteiger charge is 2.22. The van der Waals surface area contributed by atoms with Crippen LogP contribution in [0, 0.1) is 0 Å². The number of hydrogen-bond acceptors (Lipinski definition) is 4. The van der Waals surface area contributed by atoms with Crippen LogP contribution in [-0.4, -0.2) is 29.0 Å². The number of methoxy groups -OCH3 is 1. The van der Waals surface area contributed by atoms with Crippen LogP contribution in [0.4, 0.5) is 5.69 Å². The van der Waals surface area contributed by atoms with E-state index in [9.17, 15) is 9.00 Å². The van der Waals surface area contributed by atoms with Crippen molar-refractivity contribution in [2.75, 3.05) is 19.4 Å². The van der Waals surface area contributed by atoms with E-state index in [4.69, 9.17) is 10.5 Å². The number of nitrogens with one attached hydrogen (secondary N) is 1. The summed E-state index contributed by atoms with van der Waals surface area (Å²) in [5.41, 5.74) is 6.17. The summed E-state index contributed by atoms with van der Waals surface area (Å²) in [6.45, 7) is 3.93. The smallest absolute Gasteiger partial charge is 0.235 e. The van der Waals surface area contributed by atoms with Crippen molar-refractivity contribution in [3.63, 3.8) is 0 Å². The summed E-state index contributed by atoms with van der Waals surface area (Å²) in [6, 6.07) is 4.91. The fourth-order valence-electron chi connectivity index (χ4n) is 1.42. The van der Waals surface area contributed by atoms with Gasteiger partial charge in [-0.25, -0.2) is 0 Å². The molecule has 6 heteroatoms. The van der Waals surface area contributed by atoms with Gasteiger partial charge in [0.15, 0.2) is 0 Å². The van der Waals surface area contributed by atoms with Crippen molar-refractivity contribution in [1.82, 2.24) is 5.32 Å². The second-order valence-corrected chi connectivity index (χ2v) is 5.48. The lowest BCUT2D eigenvalue weighted by Crippen LogP contribution is -2.35. The molecule has 0 bridgehead atoms. The Hall–Kier alpha value is -1.56. The number of anilines is 1. The van der Waals surface area contributed by atoms with Gasteiger partial charge < -0.3 is 15.8 Å². The predicted octanol–water partition coefficient (Wildman–Crippen LogP) is 0.910. The van der Waals surface area contributed by atoms with Crippen molar-refractivity contribution in [2.45, 2.75) is 24.0 Å². The number of carbonyl (C=O) groups excluding carboxylic acids is 1. The highest BCUT2D eigenvalue weighted by Crippen LogP contribution is 2.24. The number of ether oxygens (including phenoxy) is 1. The molecule has 1 aromatic rings. The van der Waals surface area contributed by atoms with Crippen molar-refractivity contribution >= 4 is 22.4 Å². The largest absolute Gasteiger partial charge is 0.497 e. The van der Waals surface area contributed by atoms with E-state index in [1.54, 1.807) is 25.1 Å². The fourth-order valence-corrected chi connectivity index (χ4v) is 2.61. The van der Waals surface area contributed by atoms with E-state index in [1.807, 2.05) is 6.92 Å². The normalized spacial score (nSPS) is 13.7. The first-order chi connectivity index (χ1) is 8.51. The number of benzene rings is 1. The molecular weight excluding hydrogens is 252 g/mol. The van der Waals surface area contributed by atoms with Crippen LogP contribution in [0.25, 0.3) is 0 Å². The summed E-state index contributed by atoms with van der Waals surface area (Å²) in [6.07, 6.45) is 0. The average molecular weight is 270 g/mol. The lowest BCUT2D eigenvalue weighted by Gasteiger charge is -2.13. The zero-order valence-corrected chi connectivity index (χ0v) is 11.5. The minimum Gasteiger partial charge on any atom is -0.497 e. The van der Waals surface area contributed by atoms with E-state index in [0.29, 0.717) is 22.9 Å². The third-order valence-corrected chi connectivity index (χ3v) is 4.12. The van der Waals surface area contributed by atoms with Crippen molar-refractivity contribution in [3.05, 3.63) is 18.2 Å². The predicted molar refractivity (Wildman–Crippen MR) is 72.0 cm³/mol. The van der Waals surface area contributed by atoms with Gasteiger partial charge in [-0.15, -0.1) is 0 Å². The molecule has 0 aliphatic carbocycles. The van der Waals surface area contributed by atoms with Gasteiger partial charge in [-0.2, -0.15) is 0 Å². The average Bonchev–Trinajstić information content (AvgIpc) is 2.38. The second-order valence-electron chi connectivity index (χ2n) is 3.74. The molecule has 0 aromatic heterocycles. The summed E-state index contributed by atoms with van der Waals surface area (Å²) in [4.78, 5) is 12.1. The molecular formula is C12H18N2O3S. The van der Waals surface area contributed by atoms with E-state index < -0.39 is 16.0 Å². The van der Waals surface area contributed by atoms with Crippen LogP contribution >= 0.6 is 0 Å². The molecule has 0 fully saturated rings. The highest BCUT2D eigenvalue weighted by atomic mass is 32.2. The van der Waals surface area contributed by atoms with Crippen LogP contribution in [-0.2, 0) is 15.6 Å². The molecule has 1 amide bonds. The molecule has 1 rings (SSSR count). The summed E-state index contributed by atoms with van der Waals surface area (Å²) >= 11 is 0. The van der Waals surface area contributed by atoms with Gasteiger partial charge >= 0.3 is 0 Å². The Morgan fingerprint density at radius 2 is 2.22 bits per heavy atom. The van der Waals surface area contributed by atoms with E-state index in [0.717, 1.165) is 0 Å². The summed E-state index contributed by atoms with van der Waals surface area (Å²) < 4.78 is 17.3. The number of hydrogen-bond donors (Lipinski definition) is 2. The summed E-state index contributed by atoms with van der Waals surface area (Å²) in [5.74, 6) is 0.314. The van der Waals surface area contributed by atoms with Crippen LogP contribution in [0.5, 0.6) is 5.75 Å². The molecule has 0 aliphatic rings. The maximum atomic E-state index is 12.3. The number of rotatable bonds is 5. The molecule has 1 aromatic carbocycles. The van der Waals surface area contributed by atoms with Crippen LogP contribution < -0.4 is 15.8 Å². The van der Waals surface area contributed by atoms with Gasteiger partial charge in [0.1, 0.15) is 11.0 Å². The van der Waals surface area contributed by atoms with Gasteiger partial charge in [0, 0.05) is 12.2 Å². The molecule has 0 spiro atoms. The third kappa shape index (κ3) is 3.22. The van der Waals surface area contributed by atoms with Crippen molar-refractivity contribution in [2.24, 2.45) is 0 Å². The Kier molecular flexibility index (Phi) is 5.15. The van der Waals surface area contributed by atoms with Gasteiger partial charge in [0.2, 0.25) is 5.91 Å². The molecule has 5 nitrogen and oxygen atoms in total. The minimum atomic E-state index is -1.50. The summed E-state index contributed by atoms with van der Waals surface area (Å²) in [5, 5.41) is 1.99. The number of nitrogen functional groups attached to an aromatic ring is 1. The summed E-state index contributed by atoms with van der Waals surface area (Å²) in [7, 11) is 0.0191. The van der Waals surface area contributed by atoms with Crippen LogP contribution in [0.3, 0.4) is 0 Å². The topological polar surface area (TPSA) is 81.4 Å². The molecule has 0 heterocycles. The van der Waals surface area contributed by atoms with E-state index in [1.165, 1.54) is 7.11 Å². The Morgan fingerprint density at radius 1 is 1.56 bits per heavy atom. The first kappa shape index (κ1) is 14.5. The van der Waals surface area contributed by atoms with E-state index >= 15 is 0 Å². The molecule has 18 heavy (non-hydrogen) atoms. The maximum Gasteiger partial charge on any atom is 0.235 e. The third-order valence-electron chi connectivity index (χ3n) is 2.48. The number of carbonyl (C=O) groups is 1. The van der Waals surface area contributed by atoms with Crippen molar-refractivity contribution < 1.29 is 13.7 Å². The maximum absolute atomic E-state index is 12.3. The monoisotopic (exact) mass is 270 g/mol. The fraction of sp³-hybridized carbons (Fsp3) is 0.417. The molecule has 0 saturated carbocycles. The Bertz CT molecular complexity index is 463. The van der Waals surface area contributed by atoms with Crippen LogP contribution in [0.2, 0.25) is 0 Å². The lowest BCUT2D eigenvalue weighted by molar-refractivity contribution is -0.120. The van der Waals surface area contributed by atoms with Gasteiger partial charge in [-0.05, 0) is 32.0 Å². The van der Waals surface area contributed by atoms with E-state index in [2.05, 4.69) is 5.32 Å². The first-order valence-corrected chi connectivity index (χ1v) is 6.84. The first-order valence-electron chi connectivity index (χ1n) is 5.63. The van der Waals surface area contributed by atoms with Gasteiger partial charge in [-0.3, -0.25) is 9.00 Å². The number of nitrogens with two attached hydrogens (primary N) is 1. The zero-order chi connectivity index (χ0) is 13.7. The molecule has 0 saturated heterocycles. The van der Waals surface area contributed by atoms with Crippen molar-refractivity contribution in [1.29, 1.82) is 0 Å². The van der Waals surface area contributed by atoms with Gasteiger partial charge in [-0.1, -0.05) is 0 Å². The van der Waals surface area contributed by atoms with E-state index in [-0.39, 0.29) is 5.91 Å².